The van der Waals surface area contributed by atoms with Gasteiger partial charge in [-0.15, -0.1) is 0 Å². The molecule has 0 amide bonds. The van der Waals surface area contributed by atoms with Gasteiger partial charge in [0.2, 0.25) is 5.13 Å². The van der Waals surface area contributed by atoms with Crippen molar-refractivity contribution in [2.45, 2.75) is 52.0 Å². The van der Waals surface area contributed by atoms with E-state index in [1.165, 1.54) is 24.4 Å². The van der Waals surface area contributed by atoms with Crippen LogP contribution in [0, 0.1) is 0 Å². The number of nitrogens with zero attached hydrogens (tertiary/aromatic N) is 2. The summed E-state index contributed by atoms with van der Waals surface area (Å²) in [6.45, 7) is 4.98. The minimum atomic E-state index is 0.336. The van der Waals surface area contributed by atoms with Crippen molar-refractivity contribution in [1.29, 1.82) is 0 Å². The average Bonchev–Trinajstić information content (AvgIpc) is 2.72. The van der Waals surface area contributed by atoms with Gasteiger partial charge in [0.05, 0.1) is 0 Å². The van der Waals surface area contributed by atoms with E-state index >= 15 is 0 Å². The third-order valence-corrected chi connectivity index (χ3v) is 3.14. The van der Waals surface area contributed by atoms with Crippen molar-refractivity contribution in [3.63, 3.8) is 0 Å². The molecule has 0 fully saturated rings. The number of nitrogens with two attached hydrogens (primary N) is 1. The van der Waals surface area contributed by atoms with Crippen LogP contribution < -0.4 is 11.1 Å². The van der Waals surface area contributed by atoms with E-state index in [0.717, 1.165) is 30.2 Å². The first-order valence-corrected chi connectivity index (χ1v) is 6.86. The zero-order chi connectivity index (χ0) is 11.8. The van der Waals surface area contributed by atoms with Gasteiger partial charge >= 0.3 is 0 Å². The summed E-state index contributed by atoms with van der Waals surface area (Å²) in [5.74, 6) is 0.946. The molecule has 0 bridgehead atoms. The summed E-state index contributed by atoms with van der Waals surface area (Å²) in [6.07, 6.45) is 5.56. The Kier molecular flexibility index (Phi) is 6.33. The number of hydrogen-bond acceptors (Lipinski definition) is 5. The molecule has 0 aromatic carbocycles. The molecular formula is C11H22N4S. The van der Waals surface area contributed by atoms with Gasteiger partial charge in [-0.1, -0.05) is 26.7 Å². The molecule has 16 heavy (non-hydrogen) atoms. The van der Waals surface area contributed by atoms with E-state index in [1.807, 2.05) is 0 Å². The lowest BCUT2D eigenvalue weighted by Crippen LogP contribution is -2.28. The number of aromatic nitrogens is 2. The van der Waals surface area contributed by atoms with Crippen molar-refractivity contribution < 1.29 is 0 Å². The second-order valence-corrected chi connectivity index (χ2v) is 4.74. The van der Waals surface area contributed by atoms with Gasteiger partial charge in [0.1, 0.15) is 5.82 Å². The predicted molar refractivity (Wildman–Crippen MR) is 69.9 cm³/mol. The highest BCUT2D eigenvalue weighted by Crippen LogP contribution is 2.14. The normalized spacial score (nSPS) is 12.7. The second-order valence-electron chi connectivity index (χ2n) is 3.98. The molecule has 0 aliphatic heterocycles. The van der Waals surface area contributed by atoms with Crippen LogP contribution in [0.15, 0.2) is 0 Å². The van der Waals surface area contributed by atoms with Crippen LogP contribution in [0.3, 0.4) is 0 Å². The first kappa shape index (κ1) is 13.4. The number of anilines is 1. The topological polar surface area (TPSA) is 63.8 Å². The molecule has 1 rings (SSSR count). The molecule has 1 aromatic rings. The Morgan fingerprint density at radius 3 is 2.81 bits per heavy atom. The van der Waals surface area contributed by atoms with Crippen molar-refractivity contribution >= 4 is 16.7 Å². The Morgan fingerprint density at radius 1 is 1.38 bits per heavy atom. The van der Waals surface area contributed by atoms with E-state index < -0.39 is 0 Å². The molecule has 1 atom stereocenters. The first-order chi connectivity index (χ1) is 7.80. The van der Waals surface area contributed by atoms with Gasteiger partial charge in [0.15, 0.2) is 0 Å². The number of hydrogen-bond donors (Lipinski definition) is 2. The lowest BCUT2D eigenvalue weighted by atomic mass is 10.1. The van der Waals surface area contributed by atoms with Gasteiger partial charge in [-0.2, -0.15) is 4.37 Å². The number of unbranched alkanes of at least 4 members (excludes halogenated alkanes) is 1. The summed E-state index contributed by atoms with van der Waals surface area (Å²) in [4.78, 5) is 4.44. The third kappa shape index (κ3) is 4.45. The summed E-state index contributed by atoms with van der Waals surface area (Å²) in [5.41, 5.74) is 5.72. The molecule has 0 saturated carbocycles. The van der Waals surface area contributed by atoms with Gasteiger partial charge in [-0.05, 0) is 12.8 Å². The number of aryl methyl sites for hydroxylation is 1. The average molecular weight is 242 g/mol. The fourth-order valence-electron chi connectivity index (χ4n) is 1.51. The van der Waals surface area contributed by atoms with E-state index in [9.17, 15) is 0 Å². The maximum Gasteiger partial charge on any atom is 0.202 e. The monoisotopic (exact) mass is 242 g/mol. The zero-order valence-corrected chi connectivity index (χ0v) is 11.0. The van der Waals surface area contributed by atoms with Crippen molar-refractivity contribution in [2.75, 3.05) is 11.9 Å². The highest BCUT2D eigenvalue weighted by atomic mass is 32.1. The fourth-order valence-corrected chi connectivity index (χ4v) is 2.20. The van der Waals surface area contributed by atoms with Crippen molar-refractivity contribution in [2.24, 2.45) is 5.73 Å². The SMILES string of the molecule is CCCCC(CN)Nc1nc(CCC)ns1. The fraction of sp³-hybridized carbons (Fsp3) is 0.818. The minimum Gasteiger partial charge on any atom is -0.356 e. The van der Waals surface area contributed by atoms with Gasteiger partial charge in [0.25, 0.3) is 0 Å². The standard InChI is InChI=1S/C11H22N4S/c1-3-5-7-9(8-12)13-11-14-10(6-4-2)15-16-11/h9H,3-8,12H2,1-2H3,(H,13,14,15). The van der Waals surface area contributed by atoms with Crippen LogP contribution in [-0.2, 0) is 6.42 Å². The molecule has 0 aliphatic rings. The lowest BCUT2D eigenvalue weighted by molar-refractivity contribution is 0.613. The molecule has 92 valence electrons. The van der Waals surface area contributed by atoms with Crippen molar-refractivity contribution in [1.82, 2.24) is 9.36 Å². The van der Waals surface area contributed by atoms with Crippen LogP contribution in [0.25, 0.3) is 0 Å². The maximum atomic E-state index is 5.72. The molecular weight excluding hydrogens is 220 g/mol. The minimum absolute atomic E-state index is 0.336. The van der Waals surface area contributed by atoms with Gasteiger partial charge in [0, 0.05) is 30.5 Å². The third-order valence-electron chi connectivity index (χ3n) is 2.46. The smallest absolute Gasteiger partial charge is 0.202 e. The van der Waals surface area contributed by atoms with E-state index in [0.29, 0.717) is 12.6 Å². The quantitative estimate of drug-likeness (QED) is 0.735. The van der Waals surface area contributed by atoms with Crippen molar-refractivity contribution in [3.05, 3.63) is 5.82 Å². The summed E-state index contributed by atoms with van der Waals surface area (Å²) >= 11 is 1.44. The van der Waals surface area contributed by atoms with Crippen LogP contribution >= 0.6 is 11.5 Å². The Morgan fingerprint density at radius 2 is 2.19 bits per heavy atom. The highest BCUT2D eigenvalue weighted by Gasteiger charge is 2.09. The second kappa shape index (κ2) is 7.57. The number of nitrogens with one attached hydrogen (secondary N) is 1. The Bertz CT molecular complexity index is 287. The van der Waals surface area contributed by atoms with Gasteiger partial charge in [-0.3, -0.25) is 0 Å². The zero-order valence-electron chi connectivity index (χ0n) is 10.2. The molecule has 0 aliphatic carbocycles. The summed E-state index contributed by atoms with van der Waals surface area (Å²) < 4.78 is 4.30. The summed E-state index contributed by atoms with van der Waals surface area (Å²) in [6, 6.07) is 0.336. The number of rotatable bonds is 8. The molecule has 4 nitrogen and oxygen atoms in total. The van der Waals surface area contributed by atoms with Crippen LogP contribution in [0.5, 0.6) is 0 Å². The predicted octanol–water partition coefficient (Wildman–Crippen LogP) is 2.42. The van der Waals surface area contributed by atoms with Gasteiger partial charge in [-0.25, -0.2) is 4.98 Å². The van der Waals surface area contributed by atoms with Crippen LogP contribution in [0.4, 0.5) is 5.13 Å². The molecule has 1 heterocycles. The summed E-state index contributed by atoms with van der Waals surface area (Å²) in [7, 11) is 0. The molecule has 1 aromatic heterocycles. The molecule has 0 spiro atoms. The highest BCUT2D eigenvalue weighted by molar-refractivity contribution is 7.09. The van der Waals surface area contributed by atoms with Gasteiger partial charge < -0.3 is 11.1 Å². The molecule has 0 saturated heterocycles. The molecule has 1 unspecified atom stereocenters. The largest absolute Gasteiger partial charge is 0.356 e. The Labute approximate surface area is 102 Å². The van der Waals surface area contributed by atoms with E-state index in [-0.39, 0.29) is 0 Å². The van der Waals surface area contributed by atoms with E-state index in [4.69, 9.17) is 5.73 Å². The summed E-state index contributed by atoms with van der Waals surface area (Å²) in [5, 5.41) is 4.27. The maximum absolute atomic E-state index is 5.72. The lowest BCUT2D eigenvalue weighted by Gasteiger charge is -2.14. The van der Waals surface area contributed by atoms with Crippen LogP contribution in [0.1, 0.15) is 45.4 Å². The van der Waals surface area contributed by atoms with Crippen LogP contribution in [0.2, 0.25) is 0 Å². The Balaban J connectivity index is 2.43. The molecule has 0 radical (unpaired) electrons. The Hall–Kier alpha value is -0.680. The van der Waals surface area contributed by atoms with Crippen molar-refractivity contribution in [3.8, 4) is 0 Å². The van der Waals surface area contributed by atoms with E-state index in [2.05, 4.69) is 28.5 Å². The molecule has 5 heteroatoms. The molecule has 3 N–H and O–H groups in total. The van der Waals surface area contributed by atoms with Crippen LogP contribution in [-0.4, -0.2) is 21.9 Å². The first-order valence-electron chi connectivity index (χ1n) is 6.09. The van der Waals surface area contributed by atoms with E-state index in [1.54, 1.807) is 0 Å².